The normalized spacial score (nSPS) is 10.2. The van der Waals surface area contributed by atoms with Crippen LogP contribution in [0.5, 0.6) is 0 Å². The van der Waals surface area contributed by atoms with Crippen molar-refractivity contribution in [3.05, 3.63) is 29.8 Å². The Hall–Kier alpha value is -2.06. The van der Waals surface area contributed by atoms with E-state index < -0.39 is 5.97 Å². The second-order valence-corrected chi connectivity index (χ2v) is 6.42. The number of rotatable bonds is 12. The predicted octanol–water partition coefficient (Wildman–Crippen LogP) is 1.61. The summed E-state index contributed by atoms with van der Waals surface area (Å²) in [6.07, 6.45) is 1.86. The van der Waals surface area contributed by atoms with Gasteiger partial charge in [0, 0.05) is 25.1 Å². The SMILES string of the molecule is CCCCNC(=O)COC(=O)c1ccccc1SCC(=O)NCCOC. The molecule has 8 heteroatoms. The summed E-state index contributed by atoms with van der Waals surface area (Å²) < 4.78 is 9.93. The fraction of sp³-hybridized carbons (Fsp3) is 0.500. The van der Waals surface area contributed by atoms with Gasteiger partial charge in [-0.05, 0) is 18.6 Å². The molecule has 0 saturated carbocycles. The van der Waals surface area contributed by atoms with E-state index in [4.69, 9.17) is 9.47 Å². The summed E-state index contributed by atoms with van der Waals surface area (Å²) in [5.74, 6) is -0.885. The average molecular weight is 382 g/mol. The molecule has 0 fully saturated rings. The Kier molecular flexibility index (Phi) is 11.1. The molecule has 0 radical (unpaired) electrons. The van der Waals surface area contributed by atoms with Gasteiger partial charge in [-0.15, -0.1) is 11.8 Å². The van der Waals surface area contributed by atoms with Crippen molar-refractivity contribution in [1.82, 2.24) is 10.6 Å². The number of amides is 2. The van der Waals surface area contributed by atoms with E-state index in [1.165, 1.54) is 11.8 Å². The molecule has 1 aromatic rings. The van der Waals surface area contributed by atoms with Gasteiger partial charge < -0.3 is 20.1 Å². The van der Waals surface area contributed by atoms with E-state index in [0.717, 1.165) is 12.8 Å². The minimum Gasteiger partial charge on any atom is -0.452 e. The van der Waals surface area contributed by atoms with Crippen molar-refractivity contribution in [2.75, 3.05) is 39.2 Å². The van der Waals surface area contributed by atoms with E-state index in [1.54, 1.807) is 31.4 Å². The van der Waals surface area contributed by atoms with Gasteiger partial charge in [-0.3, -0.25) is 9.59 Å². The number of thioether (sulfide) groups is 1. The summed E-state index contributed by atoms with van der Waals surface area (Å²) in [5, 5.41) is 5.40. The summed E-state index contributed by atoms with van der Waals surface area (Å²) in [4.78, 5) is 36.2. The van der Waals surface area contributed by atoms with Crippen LogP contribution in [-0.2, 0) is 19.1 Å². The maximum absolute atomic E-state index is 12.2. The number of carbonyl (C=O) groups is 3. The van der Waals surface area contributed by atoms with Crippen LogP contribution in [0.1, 0.15) is 30.1 Å². The van der Waals surface area contributed by atoms with Crippen LogP contribution in [0.4, 0.5) is 0 Å². The number of hydrogen-bond donors (Lipinski definition) is 2. The lowest BCUT2D eigenvalue weighted by Gasteiger charge is -2.10. The fourth-order valence-electron chi connectivity index (χ4n) is 1.91. The molecule has 1 aromatic carbocycles. The first-order chi connectivity index (χ1) is 12.6. The van der Waals surface area contributed by atoms with Crippen molar-refractivity contribution < 1.29 is 23.9 Å². The van der Waals surface area contributed by atoms with Crippen molar-refractivity contribution in [1.29, 1.82) is 0 Å². The predicted molar refractivity (Wildman–Crippen MR) is 100 cm³/mol. The molecule has 0 aliphatic carbocycles. The van der Waals surface area contributed by atoms with Gasteiger partial charge >= 0.3 is 5.97 Å². The molecule has 7 nitrogen and oxygen atoms in total. The molecule has 0 unspecified atom stereocenters. The first kappa shape index (κ1) is 22.0. The Balaban J connectivity index is 2.50. The highest BCUT2D eigenvalue weighted by Crippen LogP contribution is 2.23. The molecule has 1 rings (SSSR count). The topological polar surface area (TPSA) is 93.7 Å². The second kappa shape index (κ2) is 13.2. The molecule has 0 bridgehead atoms. The maximum Gasteiger partial charge on any atom is 0.339 e. The summed E-state index contributed by atoms with van der Waals surface area (Å²) in [7, 11) is 1.56. The molecule has 144 valence electrons. The Bertz CT molecular complexity index is 595. The summed E-state index contributed by atoms with van der Waals surface area (Å²) >= 11 is 1.24. The Morgan fingerprint density at radius 3 is 2.54 bits per heavy atom. The van der Waals surface area contributed by atoms with Crippen LogP contribution in [0.15, 0.2) is 29.2 Å². The smallest absolute Gasteiger partial charge is 0.339 e. The minimum atomic E-state index is -0.585. The Labute approximate surface area is 158 Å². The highest BCUT2D eigenvalue weighted by Gasteiger charge is 2.15. The van der Waals surface area contributed by atoms with Gasteiger partial charge in [0.1, 0.15) is 0 Å². The van der Waals surface area contributed by atoms with Crippen LogP contribution in [-0.4, -0.2) is 56.9 Å². The van der Waals surface area contributed by atoms with Gasteiger partial charge in [-0.25, -0.2) is 4.79 Å². The van der Waals surface area contributed by atoms with Gasteiger partial charge in [-0.1, -0.05) is 25.5 Å². The van der Waals surface area contributed by atoms with E-state index in [2.05, 4.69) is 10.6 Å². The van der Waals surface area contributed by atoms with Gasteiger partial charge in [-0.2, -0.15) is 0 Å². The quantitative estimate of drug-likeness (QED) is 0.324. The third-order valence-electron chi connectivity index (χ3n) is 3.28. The maximum atomic E-state index is 12.2. The summed E-state index contributed by atoms with van der Waals surface area (Å²) in [6.45, 7) is 3.15. The number of hydrogen-bond acceptors (Lipinski definition) is 6. The number of ether oxygens (including phenoxy) is 2. The van der Waals surface area contributed by atoms with Crippen molar-refractivity contribution in [3.63, 3.8) is 0 Å². The monoisotopic (exact) mass is 382 g/mol. The Morgan fingerprint density at radius 2 is 1.81 bits per heavy atom. The fourth-order valence-corrected chi connectivity index (χ4v) is 2.78. The van der Waals surface area contributed by atoms with Crippen LogP contribution in [0.25, 0.3) is 0 Å². The van der Waals surface area contributed by atoms with E-state index in [0.29, 0.717) is 30.2 Å². The van der Waals surface area contributed by atoms with Crippen LogP contribution >= 0.6 is 11.8 Å². The van der Waals surface area contributed by atoms with E-state index in [-0.39, 0.29) is 24.2 Å². The number of nitrogens with one attached hydrogen (secondary N) is 2. The number of benzene rings is 1. The second-order valence-electron chi connectivity index (χ2n) is 5.41. The van der Waals surface area contributed by atoms with Crippen molar-refractivity contribution in [2.45, 2.75) is 24.7 Å². The third-order valence-corrected chi connectivity index (χ3v) is 4.35. The van der Waals surface area contributed by atoms with Crippen molar-refractivity contribution >= 4 is 29.5 Å². The number of esters is 1. The van der Waals surface area contributed by atoms with Gasteiger partial charge in [0.25, 0.3) is 5.91 Å². The van der Waals surface area contributed by atoms with E-state index >= 15 is 0 Å². The molecule has 0 heterocycles. The van der Waals surface area contributed by atoms with Crippen molar-refractivity contribution in [3.8, 4) is 0 Å². The van der Waals surface area contributed by atoms with Crippen LogP contribution in [0.2, 0.25) is 0 Å². The first-order valence-electron chi connectivity index (χ1n) is 8.49. The summed E-state index contributed by atoms with van der Waals surface area (Å²) in [6, 6.07) is 6.84. The molecular formula is C18H26N2O5S. The molecular weight excluding hydrogens is 356 g/mol. The standard InChI is InChI=1S/C18H26N2O5S/c1-3-4-9-19-16(21)12-25-18(23)14-7-5-6-8-15(14)26-13-17(22)20-10-11-24-2/h5-8H,3-4,9-13H2,1-2H3,(H,19,21)(H,20,22). The zero-order valence-corrected chi connectivity index (χ0v) is 16.0. The first-order valence-corrected chi connectivity index (χ1v) is 9.48. The zero-order chi connectivity index (χ0) is 19.2. The number of methoxy groups -OCH3 is 1. The zero-order valence-electron chi connectivity index (χ0n) is 15.2. The summed E-state index contributed by atoms with van der Waals surface area (Å²) in [5.41, 5.74) is 0.337. The molecule has 2 amide bonds. The van der Waals surface area contributed by atoms with Gasteiger partial charge in [0.05, 0.1) is 17.9 Å². The average Bonchev–Trinajstić information content (AvgIpc) is 2.65. The van der Waals surface area contributed by atoms with Crippen LogP contribution in [0.3, 0.4) is 0 Å². The van der Waals surface area contributed by atoms with Gasteiger partial charge in [0.2, 0.25) is 5.91 Å². The lowest BCUT2D eigenvalue weighted by Crippen LogP contribution is -2.29. The van der Waals surface area contributed by atoms with Crippen LogP contribution in [0, 0.1) is 0 Å². The molecule has 0 aliphatic heterocycles. The molecule has 26 heavy (non-hydrogen) atoms. The molecule has 0 aliphatic rings. The largest absolute Gasteiger partial charge is 0.452 e. The molecule has 2 N–H and O–H groups in total. The van der Waals surface area contributed by atoms with Crippen LogP contribution < -0.4 is 10.6 Å². The lowest BCUT2D eigenvalue weighted by molar-refractivity contribution is -0.124. The number of carbonyl (C=O) groups excluding carboxylic acids is 3. The number of unbranched alkanes of at least 4 members (excludes halogenated alkanes) is 1. The van der Waals surface area contributed by atoms with E-state index in [1.807, 2.05) is 6.92 Å². The lowest BCUT2D eigenvalue weighted by atomic mass is 10.2. The Morgan fingerprint density at radius 1 is 1.08 bits per heavy atom. The van der Waals surface area contributed by atoms with E-state index in [9.17, 15) is 14.4 Å². The van der Waals surface area contributed by atoms with Crippen molar-refractivity contribution in [2.24, 2.45) is 0 Å². The molecule has 0 aromatic heterocycles. The molecule has 0 atom stereocenters. The highest BCUT2D eigenvalue weighted by molar-refractivity contribution is 8.00. The molecule has 0 saturated heterocycles. The van der Waals surface area contributed by atoms with Gasteiger partial charge in [0.15, 0.2) is 6.61 Å². The minimum absolute atomic E-state index is 0.148. The third kappa shape index (κ3) is 8.87. The molecule has 0 spiro atoms. The highest BCUT2D eigenvalue weighted by atomic mass is 32.2.